The van der Waals surface area contributed by atoms with Gasteiger partial charge in [0.15, 0.2) is 0 Å². The molecule has 4 heteroatoms. The second-order valence-corrected chi connectivity index (χ2v) is 4.84. The van der Waals surface area contributed by atoms with Gasteiger partial charge in [-0.15, -0.1) is 0 Å². The number of alkyl halides is 1. The summed E-state index contributed by atoms with van der Waals surface area (Å²) in [4.78, 5) is 16.3. The minimum atomic E-state index is -0.107. The van der Waals surface area contributed by atoms with E-state index in [0.717, 1.165) is 16.6 Å². The maximum atomic E-state index is 12.1. The van der Waals surface area contributed by atoms with E-state index in [4.69, 9.17) is 0 Å². The van der Waals surface area contributed by atoms with Crippen LogP contribution in [0.4, 0.5) is 0 Å². The quantitative estimate of drug-likeness (QED) is 0.877. The number of hydrogen-bond donors (Lipinski definition) is 1. The molecule has 1 aromatic heterocycles. The van der Waals surface area contributed by atoms with Gasteiger partial charge in [0.1, 0.15) is 0 Å². The van der Waals surface area contributed by atoms with Gasteiger partial charge in [-0.25, -0.2) is 0 Å². The lowest BCUT2D eigenvalue weighted by atomic mass is 10.1. The van der Waals surface area contributed by atoms with Crippen molar-refractivity contribution in [2.75, 3.05) is 0 Å². The molecule has 0 radical (unpaired) electrons. The van der Waals surface area contributed by atoms with E-state index < -0.39 is 0 Å². The van der Waals surface area contributed by atoms with E-state index in [-0.39, 0.29) is 11.9 Å². The van der Waals surface area contributed by atoms with Crippen molar-refractivity contribution in [3.8, 4) is 0 Å². The van der Waals surface area contributed by atoms with E-state index in [1.807, 2.05) is 49.4 Å². The fraction of sp³-hybridized carbons (Fsp3) is 0.200. The highest BCUT2D eigenvalue weighted by Crippen LogP contribution is 2.11. The molecule has 1 atom stereocenters. The fourth-order valence-corrected chi connectivity index (χ4v) is 2.11. The monoisotopic (exact) mass is 318 g/mol. The third kappa shape index (κ3) is 3.64. The third-order valence-corrected chi connectivity index (χ3v) is 3.50. The van der Waals surface area contributed by atoms with Crippen LogP contribution in [-0.2, 0) is 5.33 Å². The SMILES string of the molecule is C[C@H](NC(=O)c1ccc(CBr)cc1)c1ccccn1. The van der Waals surface area contributed by atoms with Gasteiger partial charge in [-0.3, -0.25) is 9.78 Å². The summed E-state index contributed by atoms with van der Waals surface area (Å²) in [7, 11) is 0. The van der Waals surface area contributed by atoms with Gasteiger partial charge in [-0.2, -0.15) is 0 Å². The number of carbonyl (C=O) groups excluding carboxylic acids is 1. The zero-order valence-electron chi connectivity index (χ0n) is 10.6. The Hall–Kier alpha value is -1.68. The van der Waals surface area contributed by atoms with Crippen molar-refractivity contribution >= 4 is 21.8 Å². The lowest BCUT2D eigenvalue weighted by Crippen LogP contribution is -2.27. The zero-order valence-corrected chi connectivity index (χ0v) is 12.2. The summed E-state index contributed by atoms with van der Waals surface area (Å²) in [5, 5.41) is 3.73. The van der Waals surface area contributed by atoms with Gasteiger partial charge >= 0.3 is 0 Å². The van der Waals surface area contributed by atoms with Gasteiger partial charge in [0, 0.05) is 17.1 Å². The maximum Gasteiger partial charge on any atom is 0.251 e. The van der Waals surface area contributed by atoms with Gasteiger partial charge in [-0.1, -0.05) is 34.1 Å². The first-order valence-electron chi connectivity index (χ1n) is 6.07. The van der Waals surface area contributed by atoms with E-state index in [0.29, 0.717) is 5.56 Å². The molecule has 0 spiro atoms. The fourth-order valence-electron chi connectivity index (χ4n) is 1.73. The number of rotatable bonds is 4. The molecule has 0 saturated carbocycles. The molecule has 0 fully saturated rings. The molecule has 2 rings (SSSR count). The molecule has 1 amide bonds. The molecule has 0 unspecified atom stereocenters. The predicted octanol–water partition coefficient (Wildman–Crippen LogP) is 3.47. The topological polar surface area (TPSA) is 42.0 Å². The Kier molecular flexibility index (Phi) is 4.68. The van der Waals surface area contributed by atoms with Crippen LogP contribution in [0.5, 0.6) is 0 Å². The van der Waals surface area contributed by atoms with Crippen molar-refractivity contribution in [3.05, 3.63) is 65.5 Å². The van der Waals surface area contributed by atoms with Crippen molar-refractivity contribution in [1.82, 2.24) is 10.3 Å². The summed E-state index contributed by atoms with van der Waals surface area (Å²) in [5.41, 5.74) is 2.66. The number of carbonyl (C=O) groups is 1. The molecule has 98 valence electrons. The molecule has 19 heavy (non-hydrogen) atoms. The Balaban J connectivity index is 2.04. The average Bonchev–Trinajstić information content (AvgIpc) is 2.48. The molecule has 2 aromatic rings. The second-order valence-electron chi connectivity index (χ2n) is 4.28. The van der Waals surface area contributed by atoms with E-state index in [1.54, 1.807) is 6.20 Å². The Bertz CT molecular complexity index is 540. The first kappa shape index (κ1) is 13.7. The van der Waals surface area contributed by atoms with Gasteiger partial charge < -0.3 is 5.32 Å². The molecule has 1 heterocycles. The normalized spacial score (nSPS) is 11.9. The first-order chi connectivity index (χ1) is 9.20. The summed E-state index contributed by atoms with van der Waals surface area (Å²) in [6.45, 7) is 1.92. The number of hydrogen-bond acceptors (Lipinski definition) is 2. The predicted molar refractivity (Wildman–Crippen MR) is 79.2 cm³/mol. The minimum absolute atomic E-state index is 0.0840. The zero-order chi connectivity index (χ0) is 13.7. The minimum Gasteiger partial charge on any atom is -0.344 e. The standard InChI is InChI=1S/C15H15BrN2O/c1-11(14-4-2-3-9-17-14)18-15(19)13-7-5-12(10-16)6-8-13/h2-9,11H,10H2,1H3,(H,18,19)/t11-/m0/s1. The van der Waals surface area contributed by atoms with Gasteiger partial charge in [-0.05, 0) is 36.8 Å². The van der Waals surface area contributed by atoms with Crippen molar-refractivity contribution in [2.45, 2.75) is 18.3 Å². The largest absolute Gasteiger partial charge is 0.344 e. The third-order valence-electron chi connectivity index (χ3n) is 2.85. The van der Waals surface area contributed by atoms with Crippen molar-refractivity contribution in [3.63, 3.8) is 0 Å². The summed E-state index contributed by atoms with van der Waals surface area (Å²) >= 11 is 3.38. The average molecular weight is 319 g/mol. The van der Waals surface area contributed by atoms with Crippen LogP contribution in [0.3, 0.4) is 0 Å². The lowest BCUT2D eigenvalue weighted by Gasteiger charge is -2.13. The Morgan fingerprint density at radius 1 is 1.26 bits per heavy atom. The molecule has 0 bridgehead atoms. The molecular formula is C15H15BrN2O. The van der Waals surface area contributed by atoms with Crippen LogP contribution < -0.4 is 5.32 Å². The molecule has 3 nitrogen and oxygen atoms in total. The Morgan fingerprint density at radius 3 is 2.58 bits per heavy atom. The highest BCUT2D eigenvalue weighted by molar-refractivity contribution is 9.08. The summed E-state index contributed by atoms with van der Waals surface area (Å²) in [5.74, 6) is -0.0840. The van der Waals surface area contributed by atoms with E-state index in [1.165, 1.54) is 0 Å². The molecule has 0 saturated heterocycles. The summed E-state index contributed by atoms with van der Waals surface area (Å²) in [6, 6.07) is 13.1. The van der Waals surface area contributed by atoms with Crippen LogP contribution in [0.15, 0.2) is 48.7 Å². The number of pyridine rings is 1. The molecule has 0 aliphatic rings. The van der Waals surface area contributed by atoms with Crippen LogP contribution in [0, 0.1) is 0 Å². The maximum absolute atomic E-state index is 12.1. The van der Waals surface area contributed by atoms with E-state index in [9.17, 15) is 4.79 Å². The van der Waals surface area contributed by atoms with Crippen LogP contribution in [0.1, 0.15) is 34.6 Å². The van der Waals surface area contributed by atoms with Crippen LogP contribution >= 0.6 is 15.9 Å². The number of aromatic nitrogens is 1. The molecule has 0 aliphatic carbocycles. The van der Waals surface area contributed by atoms with Crippen molar-refractivity contribution in [2.24, 2.45) is 0 Å². The first-order valence-corrected chi connectivity index (χ1v) is 7.19. The molecular weight excluding hydrogens is 304 g/mol. The number of nitrogens with one attached hydrogen (secondary N) is 1. The van der Waals surface area contributed by atoms with Crippen LogP contribution in [0.25, 0.3) is 0 Å². The van der Waals surface area contributed by atoms with Gasteiger partial charge in [0.25, 0.3) is 5.91 Å². The number of nitrogens with zero attached hydrogens (tertiary/aromatic N) is 1. The Morgan fingerprint density at radius 2 is 2.00 bits per heavy atom. The molecule has 0 aliphatic heterocycles. The number of halogens is 1. The highest BCUT2D eigenvalue weighted by Gasteiger charge is 2.11. The Labute approximate surface area is 121 Å². The number of amides is 1. The van der Waals surface area contributed by atoms with Crippen molar-refractivity contribution in [1.29, 1.82) is 0 Å². The second kappa shape index (κ2) is 6.48. The number of benzene rings is 1. The van der Waals surface area contributed by atoms with Crippen LogP contribution in [-0.4, -0.2) is 10.9 Å². The summed E-state index contributed by atoms with van der Waals surface area (Å²) in [6.07, 6.45) is 1.72. The van der Waals surface area contributed by atoms with Crippen molar-refractivity contribution < 1.29 is 4.79 Å². The van der Waals surface area contributed by atoms with E-state index >= 15 is 0 Å². The van der Waals surface area contributed by atoms with Crippen LogP contribution in [0.2, 0.25) is 0 Å². The van der Waals surface area contributed by atoms with E-state index in [2.05, 4.69) is 26.2 Å². The van der Waals surface area contributed by atoms with Gasteiger partial charge in [0.05, 0.1) is 11.7 Å². The lowest BCUT2D eigenvalue weighted by molar-refractivity contribution is 0.0939. The molecule has 1 N–H and O–H groups in total. The molecule has 1 aromatic carbocycles. The highest BCUT2D eigenvalue weighted by atomic mass is 79.9. The van der Waals surface area contributed by atoms with Gasteiger partial charge in [0.2, 0.25) is 0 Å². The summed E-state index contributed by atoms with van der Waals surface area (Å²) < 4.78 is 0. The smallest absolute Gasteiger partial charge is 0.251 e.